The molecular formula is C31H42N6O5. The second-order valence-corrected chi connectivity index (χ2v) is 10.8. The van der Waals surface area contributed by atoms with Crippen molar-refractivity contribution >= 4 is 34.6 Å². The Morgan fingerprint density at radius 1 is 0.833 bits per heavy atom. The van der Waals surface area contributed by atoms with Gasteiger partial charge in [-0.25, -0.2) is 4.79 Å². The molecule has 0 aliphatic rings. The molecule has 0 bridgehead atoms. The fourth-order valence-electron chi connectivity index (χ4n) is 4.75. The van der Waals surface area contributed by atoms with Gasteiger partial charge in [0.15, 0.2) is 0 Å². The first-order chi connectivity index (χ1) is 20.1. The Balaban J connectivity index is 1.87. The number of hydrogen-bond donors (Lipinski definition) is 7. The minimum absolute atomic E-state index is 0.120. The zero-order chi connectivity index (χ0) is 30.6. The first-order valence-corrected chi connectivity index (χ1v) is 14.3. The minimum atomic E-state index is -1.17. The van der Waals surface area contributed by atoms with Gasteiger partial charge in [0, 0.05) is 29.9 Å². The number of carboxylic acid groups (broad SMARTS) is 1. The molecule has 0 aliphatic carbocycles. The van der Waals surface area contributed by atoms with E-state index in [-0.39, 0.29) is 18.8 Å². The van der Waals surface area contributed by atoms with Gasteiger partial charge in [-0.15, -0.1) is 0 Å². The third-order valence-corrected chi connectivity index (χ3v) is 7.18. The zero-order valence-electron chi connectivity index (χ0n) is 24.1. The van der Waals surface area contributed by atoms with Gasteiger partial charge in [0.2, 0.25) is 17.7 Å². The topological polar surface area (TPSA) is 192 Å². The third kappa shape index (κ3) is 9.15. The van der Waals surface area contributed by atoms with Gasteiger partial charge in [-0.3, -0.25) is 14.4 Å². The van der Waals surface area contributed by atoms with Crippen LogP contribution >= 0.6 is 0 Å². The molecule has 226 valence electrons. The quantitative estimate of drug-likeness (QED) is 0.125. The largest absolute Gasteiger partial charge is 0.480 e. The van der Waals surface area contributed by atoms with Crippen molar-refractivity contribution in [3.63, 3.8) is 0 Å². The molecule has 1 heterocycles. The molecule has 0 aliphatic heterocycles. The van der Waals surface area contributed by atoms with Crippen molar-refractivity contribution in [1.82, 2.24) is 20.9 Å². The molecule has 42 heavy (non-hydrogen) atoms. The van der Waals surface area contributed by atoms with Crippen LogP contribution in [0.3, 0.4) is 0 Å². The monoisotopic (exact) mass is 578 g/mol. The number of unbranched alkanes of at least 4 members (excludes halogenated alkanes) is 1. The number of nitrogens with one attached hydrogen (secondary N) is 4. The predicted octanol–water partition coefficient (Wildman–Crippen LogP) is 1.60. The van der Waals surface area contributed by atoms with Crippen LogP contribution in [0.4, 0.5) is 0 Å². The maximum atomic E-state index is 13.8. The standard InChI is InChI=1S/C31H42N6O5/c1-19(2)27(31(41)42)37-30(40)25(16-20-10-4-3-5-11-20)36-29(39)26(35-28(38)23(33)13-8-9-15-32)17-21-18-34-24-14-7-6-12-22(21)24/h3-7,10-12,14,18-19,23,25-27,34H,8-9,13,15-17,32-33H2,1-2H3,(H,35,38)(H,36,39)(H,37,40)(H,41,42). The van der Waals surface area contributed by atoms with Gasteiger partial charge in [0.05, 0.1) is 6.04 Å². The van der Waals surface area contributed by atoms with Gasteiger partial charge in [0.25, 0.3) is 0 Å². The number of aromatic nitrogens is 1. The van der Waals surface area contributed by atoms with Crippen molar-refractivity contribution in [3.8, 4) is 0 Å². The lowest BCUT2D eigenvalue weighted by atomic mass is 10.00. The predicted molar refractivity (Wildman–Crippen MR) is 161 cm³/mol. The molecule has 0 radical (unpaired) electrons. The number of H-pyrrole nitrogens is 1. The Labute approximate surface area is 245 Å². The van der Waals surface area contributed by atoms with Crippen molar-refractivity contribution in [2.45, 2.75) is 70.1 Å². The summed E-state index contributed by atoms with van der Waals surface area (Å²) in [7, 11) is 0. The summed E-state index contributed by atoms with van der Waals surface area (Å²) >= 11 is 0. The van der Waals surface area contributed by atoms with Crippen molar-refractivity contribution in [1.29, 1.82) is 0 Å². The average molecular weight is 579 g/mol. The molecule has 2 aromatic carbocycles. The fourth-order valence-corrected chi connectivity index (χ4v) is 4.75. The van der Waals surface area contributed by atoms with Crippen molar-refractivity contribution in [2.24, 2.45) is 17.4 Å². The normalized spacial score (nSPS) is 14.1. The second kappa shape index (κ2) is 15.7. The summed E-state index contributed by atoms with van der Waals surface area (Å²) in [6.07, 6.45) is 3.85. The summed E-state index contributed by atoms with van der Waals surface area (Å²) in [5.41, 5.74) is 14.1. The number of benzene rings is 2. The molecule has 3 amide bonds. The van der Waals surface area contributed by atoms with Gasteiger partial charge in [-0.1, -0.05) is 68.8 Å². The Hall–Kier alpha value is -4.22. The van der Waals surface area contributed by atoms with Gasteiger partial charge >= 0.3 is 5.97 Å². The fraction of sp³-hybridized carbons (Fsp3) is 0.419. The Bertz CT molecular complexity index is 1340. The number of hydrogen-bond acceptors (Lipinski definition) is 6. The Kier molecular flexibility index (Phi) is 12.1. The molecule has 3 aromatic rings. The van der Waals surface area contributed by atoms with Crippen LogP contribution < -0.4 is 27.4 Å². The molecule has 11 nitrogen and oxygen atoms in total. The lowest BCUT2D eigenvalue weighted by Gasteiger charge is -2.26. The van der Waals surface area contributed by atoms with E-state index in [1.807, 2.05) is 54.6 Å². The number of amides is 3. The van der Waals surface area contributed by atoms with Crippen LogP contribution in [0.2, 0.25) is 0 Å². The molecule has 1 aromatic heterocycles. The summed E-state index contributed by atoms with van der Waals surface area (Å²) < 4.78 is 0. The van der Waals surface area contributed by atoms with Gasteiger partial charge in [-0.05, 0) is 42.5 Å². The Morgan fingerprint density at radius 2 is 1.45 bits per heavy atom. The summed E-state index contributed by atoms with van der Waals surface area (Å²) in [5, 5.41) is 18.6. The van der Waals surface area contributed by atoms with Gasteiger partial charge in [0.1, 0.15) is 18.1 Å². The number of carbonyl (C=O) groups excluding carboxylic acids is 3. The molecule has 4 atom stereocenters. The van der Waals surface area contributed by atoms with Crippen LogP contribution in [0, 0.1) is 5.92 Å². The summed E-state index contributed by atoms with van der Waals surface area (Å²) in [5.74, 6) is -3.26. The molecule has 0 saturated heterocycles. The molecular weight excluding hydrogens is 536 g/mol. The number of rotatable bonds is 16. The molecule has 0 saturated carbocycles. The average Bonchev–Trinajstić information content (AvgIpc) is 3.37. The first-order valence-electron chi connectivity index (χ1n) is 14.3. The maximum absolute atomic E-state index is 13.8. The van der Waals surface area contributed by atoms with Crippen LogP contribution in [0.15, 0.2) is 60.8 Å². The number of carboxylic acids is 1. The third-order valence-electron chi connectivity index (χ3n) is 7.18. The van der Waals surface area contributed by atoms with Crippen molar-refractivity contribution < 1.29 is 24.3 Å². The van der Waals surface area contributed by atoms with E-state index in [9.17, 15) is 24.3 Å². The summed E-state index contributed by atoms with van der Waals surface area (Å²) in [6.45, 7) is 3.87. The molecule has 9 N–H and O–H groups in total. The number of para-hydroxylation sites is 1. The SMILES string of the molecule is CC(C)C(NC(=O)C(Cc1ccccc1)NC(=O)C(Cc1c[nH]c2ccccc12)NC(=O)C(N)CCCCN)C(=O)O. The highest BCUT2D eigenvalue weighted by atomic mass is 16.4. The van der Waals surface area contributed by atoms with Crippen molar-refractivity contribution in [3.05, 3.63) is 71.9 Å². The van der Waals surface area contributed by atoms with Gasteiger partial charge in [-0.2, -0.15) is 0 Å². The number of aliphatic carboxylic acids is 1. The van der Waals surface area contributed by atoms with Crippen LogP contribution in [-0.2, 0) is 32.0 Å². The van der Waals surface area contributed by atoms with Crippen molar-refractivity contribution in [2.75, 3.05) is 6.54 Å². The zero-order valence-corrected chi connectivity index (χ0v) is 24.1. The van der Waals surface area contributed by atoms with E-state index in [0.717, 1.165) is 28.5 Å². The van der Waals surface area contributed by atoms with Crippen LogP contribution in [-0.4, -0.2) is 64.5 Å². The van der Waals surface area contributed by atoms with E-state index in [1.165, 1.54) is 0 Å². The van der Waals surface area contributed by atoms with E-state index in [0.29, 0.717) is 19.4 Å². The number of fused-ring (bicyclic) bond motifs is 1. The molecule has 11 heteroatoms. The molecule has 4 unspecified atom stereocenters. The second-order valence-electron chi connectivity index (χ2n) is 10.8. The number of carbonyl (C=O) groups is 4. The van der Waals surface area contributed by atoms with Crippen LogP contribution in [0.1, 0.15) is 44.2 Å². The molecule has 0 fully saturated rings. The van der Waals surface area contributed by atoms with E-state index in [1.54, 1.807) is 20.0 Å². The highest BCUT2D eigenvalue weighted by Crippen LogP contribution is 2.19. The van der Waals surface area contributed by atoms with E-state index in [2.05, 4.69) is 20.9 Å². The smallest absolute Gasteiger partial charge is 0.326 e. The highest BCUT2D eigenvalue weighted by molar-refractivity contribution is 5.95. The van der Waals surface area contributed by atoms with E-state index >= 15 is 0 Å². The van der Waals surface area contributed by atoms with Crippen LogP contribution in [0.25, 0.3) is 10.9 Å². The number of nitrogens with two attached hydrogens (primary N) is 2. The number of aromatic amines is 1. The van der Waals surface area contributed by atoms with Gasteiger partial charge < -0.3 is 37.5 Å². The lowest BCUT2D eigenvalue weighted by molar-refractivity contribution is -0.143. The van der Waals surface area contributed by atoms with E-state index in [4.69, 9.17) is 11.5 Å². The maximum Gasteiger partial charge on any atom is 0.326 e. The Morgan fingerprint density at radius 3 is 2.12 bits per heavy atom. The summed E-state index contributed by atoms with van der Waals surface area (Å²) in [4.78, 5) is 55.2. The van der Waals surface area contributed by atoms with Crippen LogP contribution in [0.5, 0.6) is 0 Å². The minimum Gasteiger partial charge on any atom is -0.480 e. The molecule has 0 spiro atoms. The lowest BCUT2D eigenvalue weighted by Crippen LogP contribution is -2.58. The highest BCUT2D eigenvalue weighted by Gasteiger charge is 2.32. The summed E-state index contributed by atoms with van der Waals surface area (Å²) in [6, 6.07) is 12.6. The molecule has 3 rings (SSSR count). The first kappa shape index (κ1) is 32.3. The van der Waals surface area contributed by atoms with E-state index < -0.39 is 47.9 Å².